The minimum atomic E-state index is -0.277. The van der Waals surface area contributed by atoms with Crippen molar-refractivity contribution in [3.05, 3.63) is 47.5 Å². The Morgan fingerprint density at radius 3 is 2.79 bits per heavy atom. The van der Waals surface area contributed by atoms with Crippen LogP contribution < -0.4 is 10.1 Å². The molecule has 19 heavy (non-hydrogen) atoms. The number of nitrogens with zero attached hydrogens (tertiary/aromatic N) is 2. The average molecular weight is 263 g/mol. The van der Waals surface area contributed by atoms with Crippen LogP contribution in [0.15, 0.2) is 30.5 Å². The molecule has 1 aromatic heterocycles. The zero-order valence-corrected chi connectivity index (χ0v) is 11.4. The molecule has 0 amide bonds. The zero-order chi connectivity index (χ0) is 13.8. The van der Waals surface area contributed by atoms with Gasteiger partial charge in [-0.3, -0.25) is 4.68 Å². The van der Waals surface area contributed by atoms with Gasteiger partial charge in [-0.1, -0.05) is 6.92 Å². The van der Waals surface area contributed by atoms with Gasteiger partial charge in [-0.05, 0) is 30.8 Å². The highest BCUT2D eigenvalue weighted by Gasteiger charge is 2.20. The highest BCUT2D eigenvalue weighted by Crippen LogP contribution is 2.30. The predicted octanol–water partition coefficient (Wildman–Crippen LogP) is 2.27. The first-order valence-electron chi connectivity index (χ1n) is 6.22. The lowest BCUT2D eigenvalue weighted by atomic mass is 10.0. The second kappa shape index (κ2) is 5.84. The number of aryl methyl sites for hydroxylation is 1. The van der Waals surface area contributed by atoms with Crippen molar-refractivity contribution >= 4 is 0 Å². The van der Waals surface area contributed by atoms with Gasteiger partial charge in [0.25, 0.3) is 0 Å². The second-order valence-electron chi connectivity index (χ2n) is 4.26. The van der Waals surface area contributed by atoms with E-state index in [4.69, 9.17) is 4.74 Å². The fourth-order valence-electron chi connectivity index (χ4n) is 2.18. The van der Waals surface area contributed by atoms with Crippen LogP contribution in [0, 0.1) is 5.82 Å². The molecule has 1 atom stereocenters. The van der Waals surface area contributed by atoms with Gasteiger partial charge in [-0.2, -0.15) is 5.10 Å². The molecular weight excluding hydrogens is 245 g/mol. The molecule has 0 aliphatic carbocycles. The van der Waals surface area contributed by atoms with Crippen molar-refractivity contribution < 1.29 is 9.13 Å². The molecule has 0 bridgehead atoms. The Balaban J connectivity index is 2.50. The van der Waals surface area contributed by atoms with Gasteiger partial charge in [0.1, 0.15) is 11.6 Å². The maximum Gasteiger partial charge on any atom is 0.124 e. The molecule has 5 heteroatoms. The number of rotatable bonds is 5. The molecule has 0 aliphatic rings. The Hall–Kier alpha value is -1.88. The lowest BCUT2D eigenvalue weighted by Crippen LogP contribution is -2.24. The van der Waals surface area contributed by atoms with Crippen LogP contribution in [-0.4, -0.2) is 23.4 Å². The van der Waals surface area contributed by atoms with E-state index < -0.39 is 0 Å². The van der Waals surface area contributed by atoms with Crippen LogP contribution in [0.5, 0.6) is 5.75 Å². The molecule has 1 aromatic carbocycles. The third-order valence-corrected chi connectivity index (χ3v) is 3.07. The van der Waals surface area contributed by atoms with E-state index in [1.807, 2.05) is 20.0 Å². The molecule has 1 N–H and O–H groups in total. The molecule has 0 radical (unpaired) electrons. The Kier molecular flexibility index (Phi) is 4.16. The first-order chi connectivity index (χ1) is 9.17. The molecule has 1 unspecified atom stereocenters. The number of aromatic nitrogens is 2. The SMILES string of the molecule is CCNC(c1cc(F)ccc1OC)c1ccnn1C. The summed E-state index contributed by atoms with van der Waals surface area (Å²) in [5, 5.41) is 7.50. The number of benzene rings is 1. The first kappa shape index (κ1) is 13.5. The topological polar surface area (TPSA) is 39.1 Å². The van der Waals surface area contributed by atoms with Crippen molar-refractivity contribution in [1.82, 2.24) is 15.1 Å². The third-order valence-electron chi connectivity index (χ3n) is 3.07. The number of nitrogens with one attached hydrogen (secondary N) is 1. The van der Waals surface area contributed by atoms with E-state index in [1.165, 1.54) is 12.1 Å². The van der Waals surface area contributed by atoms with Crippen molar-refractivity contribution in [2.24, 2.45) is 7.05 Å². The van der Waals surface area contributed by atoms with Crippen molar-refractivity contribution in [2.45, 2.75) is 13.0 Å². The van der Waals surface area contributed by atoms with Gasteiger partial charge in [0.05, 0.1) is 18.8 Å². The Labute approximate surface area is 112 Å². The summed E-state index contributed by atoms with van der Waals surface area (Å²) < 4.78 is 20.6. The maximum absolute atomic E-state index is 13.5. The Morgan fingerprint density at radius 2 is 2.21 bits per heavy atom. The van der Waals surface area contributed by atoms with Crippen LogP contribution in [0.2, 0.25) is 0 Å². The van der Waals surface area contributed by atoms with E-state index in [2.05, 4.69) is 10.4 Å². The van der Waals surface area contributed by atoms with Crippen molar-refractivity contribution in [3.63, 3.8) is 0 Å². The standard InChI is InChI=1S/C14H18FN3O/c1-4-16-14(12-7-8-17-18(12)2)11-9-10(15)5-6-13(11)19-3/h5-9,14,16H,4H2,1-3H3. The summed E-state index contributed by atoms with van der Waals surface area (Å²) in [7, 11) is 3.45. The average Bonchev–Trinajstić information content (AvgIpc) is 2.82. The van der Waals surface area contributed by atoms with Gasteiger partial charge >= 0.3 is 0 Å². The summed E-state index contributed by atoms with van der Waals surface area (Å²) >= 11 is 0. The number of ether oxygens (including phenoxy) is 1. The van der Waals surface area contributed by atoms with Crippen LogP contribution >= 0.6 is 0 Å². The summed E-state index contributed by atoms with van der Waals surface area (Å²) in [6.07, 6.45) is 1.73. The van der Waals surface area contributed by atoms with Gasteiger partial charge < -0.3 is 10.1 Å². The molecule has 2 rings (SSSR count). The van der Waals surface area contributed by atoms with Gasteiger partial charge in [0, 0.05) is 18.8 Å². The minimum Gasteiger partial charge on any atom is -0.496 e. The molecule has 0 aliphatic heterocycles. The molecular formula is C14H18FN3O. The largest absolute Gasteiger partial charge is 0.496 e. The monoisotopic (exact) mass is 263 g/mol. The van der Waals surface area contributed by atoms with Crippen LogP contribution in [0.4, 0.5) is 4.39 Å². The normalized spacial score (nSPS) is 12.4. The van der Waals surface area contributed by atoms with Crippen LogP contribution in [0.3, 0.4) is 0 Å². The Bertz CT molecular complexity index is 553. The number of hydrogen-bond acceptors (Lipinski definition) is 3. The summed E-state index contributed by atoms with van der Waals surface area (Å²) in [4.78, 5) is 0. The second-order valence-corrected chi connectivity index (χ2v) is 4.26. The third kappa shape index (κ3) is 2.76. The molecule has 1 heterocycles. The van der Waals surface area contributed by atoms with Gasteiger partial charge in [0.15, 0.2) is 0 Å². The van der Waals surface area contributed by atoms with Crippen molar-refractivity contribution in [1.29, 1.82) is 0 Å². The highest BCUT2D eigenvalue weighted by molar-refractivity contribution is 5.40. The van der Waals surface area contributed by atoms with E-state index in [0.29, 0.717) is 5.75 Å². The quantitative estimate of drug-likeness (QED) is 0.899. The molecule has 0 spiro atoms. The molecule has 102 valence electrons. The molecule has 0 saturated heterocycles. The number of halogens is 1. The number of methoxy groups -OCH3 is 1. The fourth-order valence-corrected chi connectivity index (χ4v) is 2.18. The number of hydrogen-bond donors (Lipinski definition) is 1. The first-order valence-corrected chi connectivity index (χ1v) is 6.22. The van der Waals surface area contributed by atoms with E-state index in [0.717, 1.165) is 17.8 Å². The van der Waals surface area contributed by atoms with Gasteiger partial charge in [-0.15, -0.1) is 0 Å². The maximum atomic E-state index is 13.5. The molecule has 0 fully saturated rings. The summed E-state index contributed by atoms with van der Waals surface area (Å²) in [6, 6.07) is 6.31. The fraction of sp³-hybridized carbons (Fsp3) is 0.357. The van der Waals surface area contributed by atoms with E-state index >= 15 is 0 Å². The zero-order valence-electron chi connectivity index (χ0n) is 11.4. The van der Waals surface area contributed by atoms with E-state index in [1.54, 1.807) is 24.1 Å². The predicted molar refractivity (Wildman–Crippen MR) is 71.7 cm³/mol. The Morgan fingerprint density at radius 1 is 1.42 bits per heavy atom. The summed E-state index contributed by atoms with van der Waals surface area (Å²) in [5.74, 6) is 0.384. The molecule has 4 nitrogen and oxygen atoms in total. The minimum absolute atomic E-state index is 0.150. The smallest absolute Gasteiger partial charge is 0.124 e. The van der Waals surface area contributed by atoms with Gasteiger partial charge in [0.2, 0.25) is 0 Å². The van der Waals surface area contributed by atoms with E-state index in [9.17, 15) is 4.39 Å². The summed E-state index contributed by atoms with van der Waals surface area (Å²) in [6.45, 7) is 2.77. The van der Waals surface area contributed by atoms with Crippen molar-refractivity contribution in [2.75, 3.05) is 13.7 Å². The van der Waals surface area contributed by atoms with Crippen LogP contribution in [-0.2, 0) is 7.05 Å². The highest BCUT2D eigenvalue weighted by atomic mass is 19.1. The van der Waals surface area contributed by atoms with Gasteiger partial charge in [-0.25, -0.2) is 4.39 Å². The van der Waals surface area contributed by atoms with Crippen LogP contribution in [0.25, 0.3) is 0 Å². The van der Waals surface area contributed by atoms with Crippen molar-refractivity contribution in [3.8, 4) is 5.75 Å². The van der Waals surface area contributed by atoms with E-state index in [-0.39, 0.29) is 11.9 Å². The lowest BCUT2D eigenvalue weighted by molar-refractivity contribution is 0.401. The van der Waals surface area contributed by atoms with Crippen LogP contribution in [0.1, 0.15) is 24.2 Å². The molecule has 2 aromatic rings. The summed E-state index contributed by atoms with van der Waals surface area (Å²) in [5.41, 5.74) is 1.73. The lowest BCUT2D eigenvalue weighted by Gasteiger charge is -2.21. The molecule has 0 saturated carbocycles.